The zero-order valence-electron chi connectivity index (χ0n) is 11.4. The van der Waals surface area contributed by atoms with Gasteiger partial charge in [0.15, 0.2) is 11.6 Å². The molecule has 19 heavy (non-hydrogen) atoms. The van der Waals surface area contributed by atoms with E-state index in [0.717, 1.165) is 17.7 Å². The van der Waals surface area contributed by atoms with Crippen molar-refractivity contribution in [1.29, 1.82) is 0 Å². The molecular weight excluding hydrogens is 248 g/mol. The number of aliphatic hydroxyl groups excluding tert-OH is 1. The lowest BCUT2D eigenvalue weighted by Crippen LogP contribution is -2.38. The number of nitrogens with one attached hydrogen (secondary N) is 1. The maximum Gasteiger partial charge on any atom is 0.236 e. The summed E-state index contributed by atoms with van der Waals surface area (Å²) >= 11 is 0. The molecule has 106 valence electrons. The topological polar surface area (TPSA) is 98.6 Å². The Balaban J connectivity index is 2.96. The molecule has 1 unspecified atom stereocenters. The maximum absolute atomic E-state index is 11.4. The SMILES string of the molecule is CCCCNc1nc(N(C(C)=O)C(C)O)ncc1O. The van der Waals surface area contributed by atoms with Crippen LogP contribution in [-0.4, -0.2) is 38.9 Å². The van der Waals surface area contributed by atoms with Gasteiger partial charge in [-0.1, -0.05) is 13.3 Å². The predicted molar refractivity (Wildman–Crippen MR) is 71.9 cm³/mol. The van der Waals surface area contributed by atoms with Crippen molar-refractivity contribution in [3.05, 3.63) is 6.20 Å². The summed E-state index contributed by atoms with van der Waals surface area (Å²) in [5.74, 6) is -0.154. The normalized spacial score (nSPS) is 12.0. The number of rotatable bonds is 6. The summed E-state index contributed by atoms with van der Waals surface area (Å²) in [7, 11) is 0. The number of anilines is 2. The quantitative estimate of drug-likeness (QED) is 0.527. The molecule has 1 aromatic heterocycles. The van der Waals surface area contributed by atoms with Crippen LogP contribution in [0.4, 0.5) is 11.8 Å². The van der Waals surface area contributed by atoms with Gasteiger partial charge in [-0.2, -0.15) is 4.98 Å². The molecular formula is C12H20N4O3. The van der Waals surface area contributed by atoms with E-state index < -0.39 is 6.23 Å². The summed E-state index contributed by atoms with van der Waals surface area (Å²) in [6, 6.07) is 0. The number of hydrogen-bond acceptors (Lipinski definition) is 6. The number of aromatic nitrogens is 2. The van der Waals surface area contributed by atoms with E-state index in [-0.39, 0.29) is 23.4 Å². The Morgan fingerprint density at radius 1 is 1.58 bits per heavy atom. The fourth-order valence-electron chi connectivity index (χ4n) is 1.57. The molecule has 3 N–H and O–H groups in total. The van der Waals surface area contributed by atoms with Gasteiger partial charge in [-0.05, 0) is 13.3 Å². The maximum atomic E-state index is 11.4. The molecule has 0 aromatic carbocycles. The monoisotopic (exact) mass is 268 g/mol. The predicted octanol–water partition coefficient (Wildman–Crippen LogP) is 1.09. The fraction of sp³-hybridized carbons (Fsp3) is 0.583. The van der Waals surface area contributed by atoms with Gasteiger partial charge in [0.05, 0.1) is 6.20 Å². The molecule has 1 amide bonds. The van der Waals surface area contributed by atoms with E-state index in [1.165, 1.54) is 20.0 Å². The summed E-state index contributed by atoms with van der Waals surface area (Å²) < 4.78 is 0. The third kappa shape index (κ3) is 4.06. The van der Waals surface area contributed by atoms with Crippen LogP contribution in [0.5, 0.6) is 5.75 Å². The number of hydrogen-bond donors (Lipinski definition) is 3. The van der Waals surface area contributed by atoms with E-state index >= 15 is 0 Å². The zero-order chi connectivity index (χ0) is 14.4. The van der Waals surface area contributed by atoms with Crippen molar-refractivity contribution in [2.75, 3.05) is 16.8 Å². The minimum atomic E-state index is -1.04. The highest BCUT2D eigenvalue weighted by atomic mass is 16.3. The second kappa shape index (κ2) is 6.89. The first-order valence-electron chi connectivity index (χ1n) is 6.25. The van der Waals surface area contributed by atoms with Gasteiger partial charge in [0.1, 0.15) is 6.23 Å². The van der Waals surface area contributed by atoms with Crippen molar-refractivity contribution in [2.24, 2.45) is 0 Å². The standard InChI is InChI=1S/C12H20N4O3/c1-4-5-6-13-11-10(19)7-14-12(15-11)16(8(2)17)9(3)18/h7-8,17,19H,4-6H2,1-3H3,(H,13,14,15). The van der Waals surface area contributed by atoms with Crippen molar-refractivity contribution in [1.82, 2.24) is 9.97 Å². The lowest BCUT2D eigenvalue weighted by atomic mass is 10.3. The number of amides is 1. The van der Waals surface area contributed by atoms with Crippen LogP contribution in [0.2, 0.25) is 0 Å². The number of unbranched alkanes of at least 4 members (excludes halogenated alkanes) is 1. The number of carbonyl (C=O) groups is 1. The molecule has 7 nitrogen and oxygen atoms in total. The van der Waals surface area contributed by atoms with Crippen LogP contribution in [0.15, 0.2) is 6.20 Å². The molecule has 1 rings (SSSR count). The van der Waals surface area contributed by atoms with Crippen molar-refractivity contribution in [2.45, 2.75) is 39.8 Å². The summed E-state index contributed by atoms with van der Waals surface area (Å²) in [5, 5.41) is 22.2. The van der Waals surface area contributed by atoms with Crippen LogP contribution >= 0.6 is 0 Å². The number of aromatic hydroxyl groups is 1. The Kier molecular flexibility index (Phi) is 5.50. The highest BCUT2D eigenvalue weighted by Crippen LogP contribution is 2.22. The Morgan fingerprint density at radius 2 is 2.26 bits per heavy atom. The highest BCUT2D eigenvalue weighted by molar-refractivity contribution is 5.90. The molecule has 1 aromatic rings. The molecule has 0 aliphatic rings. The molecule has 0 radical (unpaired) electrons. The molecule has 0 saturated carbocycles. The molecule has 0 spiro atoms. The summed E-state index contributed by atoms with van der Waals surface area (Å²) in [6.45, 7) is 5.47. The number of nitrogens with zero attached hydrogens (tertiary/aromatic N) is 3. The highest BCUT2D eigenvalue weighted by Gasteiger charge is 2.20. The Hall–Kier alpha value is -1.89. The first kappa shape index (κ1) is 15.2. The van der Waals surface area contributed by atoms with Gasteiger partial charge in [0, 0.05) is 13.5 Å². The van der Waals surface area contributed by atoms with Crippen LogP contribution in [0.1, 0.15) is 33.6 Å². The van der Waals surface area contributed by atoms with E-state index in [1.54, 1.807) is 0 Å². The van der Waals surface area contributed by atoms with Gasteiger partial charge in [-0.3, -0.25) is 9.69 Å². The van der Waals surface area contributed by atoms with Gasteiger partial charge in [0.25, 0.3) is 0 Å². The molecule has 0 aliphatic heterocycles. The van der Waals surface area contributed by atoms with Crippen LogP contribution in [-0.2, 0) is 4.79 Å². The summed E-state index contributed by atoms with van der Waals surface area (Å²) in [6.07, 6.45) is 2.12. The molecule has 7 heteroatoms. The van der Waals surface area contributed by atoms with Crippen molar-refractivity contribution >= 4 is 17.7 Å². The molecule has 1 atom stereocenters. The minimum absolute atomic E-state index is 0.0549. The van der Waals surface area contributed by atoms with Crippen LogP contribution < -0.4 is 10.2 Å². The second-order valence-electron chi connectivity index (χ2n) is 4.21. The van der Waals surface area contributed by atoms with E-state index in [4.69, 9.17) is 0 Å². The Bertz CT molecular complexity index is 437. The first-order valence-corrected chi connectivity index (χ1v) is 6.25. The third-order valence-corrected chi connectivity index (χ3v) is 2.51. The molecule has 0 aliphatic carbocycles. The molecule has 1 heterocycles. The number of carbonyl (C=O) groups excluding carboxylic acids is 1. The van der Waals surface area contributed by atoms with E-state index in [2.05, 4.69) is 22.2 Å². The van der Waals surface area contributed by atoms with E-state index in [9.17, 15) is 15.0 Å². The number of aliphatic hydroxyl groups is 1. The molecule has 0 saturated heterocycles. The Morgan fingerprint density at radius 3 is 2.79 bits per heavy atom. The van der Waals surface area contributed by atoms with E-state index in [1.807, 2.05) is 0 Å². The average molecular weight is 268 g/mol. The lowest BCUT2D eigenvalue weighted by molar-refractivity contribution is -0.118. The third-order valence-electron chi connectivity index (χ3n) is 2.51. The van der Waals surface area contributed by atoms with Crippen molar-refractivity contribution in [3.63, 3.8) is 0 Å². The zero-order valence-corrected chi connectivity index (χ0v) is 11.4. The van der Waals surface area contributed by atoms with Crippen LogP contribution in [0.25, 0.3) is 0 Å². The molecule has 0 bridgehead atoms. The van der Waals surface area contributed by atoms with Gasteiger partial charge in [-0.15, -0.1) is 0 Å². The Labute approximate surface area is 112 Å². The fourth-order valence-corrected chi connectivity index (χ4v) is 1.57. The van der Waals surface area contributed by atoms with Crippen molar-refractivity contribution < 1.29 is 15.0 Å². The largest absolute Gasteiger partial charge is 0.503 e. The van der Waals surface area contributed by atoms with E-state index in [0.29, 0.717) is 6.54 Å². The van der Waals surface area contributed by atoms with Gasteiger partial charge in [-0.25, -0.2) is 4.98 Å². The van der Waals surface area contributed by atoms with Gasteiger partial charge < -0.3 is 15.5 Å². The molecule has 0 fully saturated rings. The van der Waals surface area contributed by atoms with Crippen LogP contribution in [0.3, 0.4) is 0 Å². The average Bonchev–Trinajstić information content (AvgIpc) is 2.32. The summed E-state index contributed by atoms with van der Waals surface area (Å²) in [5.41, 5.74) is 0. The smallest absolute Gasteiger partial charge is 0.236 e. The minimum Gasteiger partial charge on any atom is -0.503 e. The van der Waals surface area contributed by atoms with Crippen LogP contribution in [0, 0.1) is 0 Å². The lowest BCUT2D eigenvalue weighted by Gasteiger charge is -2.22. The van der Waals surface area contributed by atoms with Crippen molar-refractivity contribution in [3.8, 4) is 5.75 Å². The second-order valence-corrected chi connectivity index (χ2v) is 4.21. The first-order chi connectivity index (χ1) is 8.97. The van der Waals surface area contributed by atoms with Gasteiger partial charge >= 0.3 is 0 Å². The van der Waals surface area contributed by atoms with Gasteiger partial charge in [0.2, 0.25) is 11.9 Å². The summed E-state index contributed by atoms with van der Waals surface area (Å²) in [4.78, 5) is 20.4.